The van der Waals surface area contributed by atoms with E-state index in [9.17, 15) is 58.5 Å². The topological polar surface area (TPSA) is 390 Å². The van der Waals surface area contributed by atoms with Gasteiger partial charge in [-0.1, -0.05) is 66.5 Å². The molecule has 0 saturated heterocycles. The van der Waals surface area contributed by atoms with Crippen LogP contribution in [0.1, 0.15) is 85.7 Å². The quantitative estimate of drug-likeness (QED) is 0.00912. The number of carboxylic acid groups (broad SMARTS) is 1. The van der Waals surface area contributed by atoms with Crippen molar-refractivity contribution in [1.82, 2.24) is 59.8 Å². The zero-order valence-corrected chi connectivity index (χ0v) is 71.6. The van der Waals surface area contributed by atoms with Crippen LogP contribution in [0.2, 0.25) is 15.5 Å². The van der Waals surface area contributed by atoms with E-state index in [1.165, 1.54) is 34.8 Å². The Morgan fingerprint density at radius 2 is 0.982 bits per heavy atom. The first-order valence-corrected chi connectivity index (χ1v) is 41.5. The van der Waals surface area contributed by atoms with Crippen LogP contribution in [0.3, 0.4) is 0 Å². The predicted molar refractivity (Wildman–Crippen MR) is 415 cm³/mol. The summed E-state index contributed by atoms with van der Waals surface area (Å²) in [5.74, 6) is -0.386. The SMILES string of the molecule is C.CCOC(=O)c1nc(C)cs1.COc1ccc(CO)cc1.COc1ccc(COc2cc(Cl)nc(-c3nc(C(F)(F)F)cs3)n2)cc1.Cc1csc(C(=N)N)n1.Cc1csc(C(=O)O)n1.Cl.FC(F)(F)c1csc(-c2nc(Cl)cc(Cl)n2)n1.O=P(Cl)(Cl)Cl.O=S(Cl)Cl.O=c1cc(O)nc(-c2nc(C(F)(F)F)cs2)[nH]1.[H-].[Na+]. The van der Waals surface area contributed by atoms with E-state index in [-0.39, 0.29) is 135 Å². The van der Waals surface area contributed by atoms with Gasteiger partial charge in [0.1, 0.15) is 33.6 Å². The molecule has 26 nitrogen and oxygen atoms in total. The number of nitrogen functional groups attached to an aromatic ring is 1. The number of halogens is 18. The Morgan fingerprint density at radius 1 is 0.613 bits per heavy atom. The summed E-state index contributed by atoms with van der Waals surface area (Å²) in [4.78, 5) is 75.2. The van der Waals surface area contributed by atoms with Gasteiger partial charge in [-0.25, -0.2) is 58.7 Å². The van der Waals surface area contributed by atoms with Crippen LogP contribution < -0.4 is 55.1 Å². The van der Waals surface area contributed by atoms with Crippen molar-refractivity contribution >= 4 is 203 Å². The number of carboxylic acids is 1. The number of aromatic carboxylic acids is 1. The molecule has 0 aliphatic rings. The number of carbonyl (C=O) groups is 2. The van der Waals surface area contributed by atoms with E-state index < -0.39 is 67.4 Å². The van der Waals surface area contributed by atoms with Crippen LogP contribution >= 0.6 is 176 Å². The molecule has 11 aromatic rings. The second kappa shape index (κ2) is 51.2. The van der Waals surface area contributed by atoms with Crippen LogP contribution in [-0.4, -0.2) is 118 Å². The molecule has 0 aliphatic carbocycles. The summed E-state index contributed by atoms with van der Waals surface area (Å²) < 4.78 is 151. The van der Waals surface area contributed by atoms with Gasteiger partial charge in [-0.3, -0.25) is 14.8 Å². The molecule has 0 radical (unpaired) electrons. The van der Waals surface area contributed by atoms with Gasteiger partial charge in [0, 0.05) is 82.9 Å². The molecule has 111 heavy (non-hydrogen) atoms. The summed E-state index contributed by atoms with van der Waals surface area (Å²) in [7, 11) is 10.5. The second-order valence-electron chi connectivity index (χ2n) is 18.8. The Balaban J connectivity index is 0. The van der Waals surface area contributed by atoms with E-state index in [1.54, 1.807) is 45.6 Å². The number of thiazole rings is 6. The third kappa shape index (κ3) is 42.4. The third-order valence-electron chi connectivity index (χ3n) is 10.6. The summed E-state index contributed by atoms with van der Waals surface area (Å²) in [5.41, 5.74) is 5.74. The van der Waals surface area contributed by atoms with E-state index in [0.717, 1.165) is 90.2 Å². The monoisotopic (exact) mass is 1900 g/mol. The van der Waals surface area contributed by atoms with Gasteiger partial charge >= 0.3 is 65.2 Å². The van der Waals surface area contributed by atoms with E-state index in [4.69, 9.17) is 84.4 Å². The molecule has 0 aliphatic heterocycles. The van der Waals surface area contributed by atoms with Gasteiger partial charge in [0.2, 0.25) is 31.0 Å². The van der Waals surface area contributed by atoms with Crippen LogP contribution in [0.15, 0.2) is 104 Å². The maximum absolute atomic E-state index is 12.7. The van der Waals surface area contributed by atoms with E-state index >= 15 is 0 Å². The molecule has 7 N–H and O–H groups in total. The number of nitrogens with zero attached hydrogens (tertiary/aromatic N) is 11. The van der Waals surface area contributed by atoms with Crippen molar-refractivity contribution < 1.29 is 123 Å². The van der Waals surface area contributed by atoms with Crippen molar-refractivity contribution in [3.05, 3.63) is 185 Å². The predicted octanol–water partition coefficient (Wildman–Crippen LogP) is 17.1. The Kier molecular flexibility index (Phi) is 48.5. The zero-order chi connectivity index (χ0) is 81.4. The number of alkyl halides is 9. The molecule has 0 unspecified atom stereocenters. The number of hydrogen-bond acceptors (Lipinski definition) is 29. The average molecular weight is 1910 g/mol. The van der Waals surface area contributed by atoms with Gasteiger partial charge in [-0.05, 0) is 96.8 Å². The number of esters is 1. The molecule has 0 amide bonds. The summed E-state index contributed by atoms with van der Waals surface area (Å²) in [6.07, 6.45) is -13.6. The number of aromatic nitrogens is 12. The number of nitrogens with one attached hydrogen (secondary N) is 2. The Labute approximate surface area is 718 Å². The number of aliphatic hydroxyl groups excluding tert-OH is 1. The molecule has 9 aromatic heterocycles. The molecular formula is C58H54Cl9F9N14NaO12PS7. The van der Waals surface area contributed by atoms with Gasteiger partial charge in [0.05, 0.1) is 33.5 Å². The minimum atomic E-state index is -4.55. The molecule has 0 atom stereocenters. The van der Waals surface area contributed by atoms with Crippen LogP contribution in [0.4, 0.5) is 39.5 Å². The number of nitrogens with two attached hydrogens (primary N) is 1. The fourth-order valence-electron chi connectivity index (χ4n) is 6.30. The van der Waals surface area contributed by atoms with Crippen molar-refractivity contribution in [1.29, 1.82) is 5.41 Å². The first kappa shape index (κ1) is 105. The van der Waals surface area contributed by atoms with Gasteiger partial charge in [-0.2, -0.15) is 49.5 Å². The third-order valence-corrected chi connectivity index (χ3v) is 16.6. The maximum atomic E-state index is 12.7. The molecule has 0 saturated carbocycles. The summed E-state index contributed by atoms with van der Waals surface area (Å²) >= 11 is 37.1. The normalized spacial score (nSPS) is 10.5. The van der Waals surface area contributed by atoms with E-state index in [2.05, 4.69) is 115 Å². The number of aliphatic hydroxyl groups is 1. The van der Waals surface area contributed by atoms with Gasteiger partial charge in [0.15, 0.2) is 60.4 Å². The number of ether oxygens (including phenoxy) is 4. The molecular weight excluding hydrogens is 1850 g/mol. The van der Waals surface area contributed by atoms with Gasteiger partial charge in [-0.15, -0.1) is 80.4 Å². The number of H-pyrrole nitrogens is 1. The summed E-state index contributed by atoms with van der Waals surface area (Å²) in [6, 6.07) is 18.0. The number of aromatic hydroxyl groups is 1. The number of hydrogen-bond donors (Lipinski definition) is 6. The van der Waals surface area contributed by atoms with Crippen molar-refractivity contribution in [2.45, 2.75) is 66.9 Å². The Hall–Kier alpha value is -5.81. The first-order chi connectivity index (χ1) is 50.3. The minimum absolute atomic E-state index is 0. The fourth-order valence-corrected chi connectivity index (χ4v) is 11.2. The molecule has 0 bridgehead atoms. The van der Waals surface area contributed by atoms with Crippen LogP contribution in [0.5, 0.6) is 23.3 Å². The second-order valence-corrected chi connectivity index (χ2v) is 34.3. The minimum Gasteiger partial charge on any atom is -1.00 e. The van der Waals surface area contributed by atoms with Crippen molar-refractivity contribution in [2.75, 3.05) is 20.8 Å². The smallest absolute Gasteiger partial charge is 1.00 e. The summed E-state index contributed by atoms with van der Waals surface area (Å²) in [6.45, 7) is 7.95. The summed E-state index contributed by atoms with van der Waals surface area (Å²) in [5, 5.41) is 39.0. The molecule has 602 valence electrons. The number of benzene rings is 2. The largest absolute Gasteiger partial charge is 1.00 e. The molecule has 2 aromatic carbocycles. The average Bonchev–Trinajstić information content (AvgIpc) is 1.69. The molecule has 0 fully saturated rings. The molecule has 53 heteroatoms. The number of aryl methyl sites for hydroxylation is 3. The van der Waals surface area contributed by atoms with Crippen molar-refractivity contribution in [3.8, 4) is 55.8 Å². The standard InChI is InChI=1S/C16H11ClF3N3O2S.C8H2Cl2F3N3S.C8H4F3N3O2S.C8H10O2.C7H9NO2S.C5H7N3S.C5H5NO2S.CH4.Cl3OP.Cl2OS.ClH.Na.H/c1-24-10-4-2-9(3-5-10)7-25-13-6-12(17)22-14(23-13)15-21-11(8-26-15)16(18,19)20;9-4-1-5(10)16-6(15-4)7-14-3(2-17-7)8(11,12)13;9-8(10,11)3-2-17-7(12-3)6-13-4(15)1-5(16)14-6;1-10-8-4-2-7(6-9)3-5-8;1-3-10-7(9)6-8-5(2)4-11-6;1-3-2-9-5(8-3)4(6)7;1-3-2-9-4(6-3)5(7)8;;1-5(2,3)4;1-4(2)3;;;/h2-6,8H,7H2,1H3;1-2H;1-2H,(H2,13,14,15,16);2-5,9H,6H2,1H3;4H,3H2,1-2H3;2H,1H3,(H3,6,7);2H,1H3,(H,7,8);1H4;;;1H;;/q;;;;;;;;;;;+1;-1. The number of rotatable bonds is 13. The number of carbonyl (C=O) groups excluding carboxylic acids is 1. The first-order valence-electron chi connectivity index (χ1n) is 27.9. The maximum Gasteiger partial charge on any atom is 1.00 e. The van der Waals surface area contributed by atoms with Crippen LogP contribution in [-0.2, 0) is 50.3 Å². The molecule has 11 rings (SSSR count). The number of methoxy groups -OCH3 is 2. The van der Waals surface area contributed by atoms with E-state index in [1.807, 2.05) is 61.0 Å². The Morgan fingerprint density at radius 3 is 1.31 bits per heavy atom. The number of aromatic amines is 1. The molecule has 0 spiro atoms. The van der Waals surface area contributed by atoms with Gasteiger partial charge < -0.3 is 46.4 Å². The Bertz CT molecular complexity index is 4730. The van der Waals surface area contributed by atoms with Crippen molar-refractivity contribution in [2.24, 2.45) is 5.73 Å². The van der Waals surface area contributed by atoms with Crippen LogP contribution in [0, 0.1) is 26.2 Å². The van der Waals surface area contributed by atoms with E-state index in [0.29, 0.717) is 33.7 Å². The fraction of sp³-hybridized carbons (Fsp3) is 0.224. The number of amidine groups is 1. The van der Waals surface area contributed by atoms with Crippen molar-refractivity contribution in [3.63, 3.8) is 0 Å². The zero-order valence-electron chi connectivity index (χ0n) is 57.1. The molecule has 9 heterocycles. The van der Waals surface area contributed by atoms with Crippen LogP contribution in [0.25, 0.3) is 32.5 Å². The van der Waals surface area contributed by atoms with Gasteiger partial charge in [0.25, 0.3) is 5.56 Å².